The zero-order chi connectivity index (χ0) is 30.3. The van der Waals surface area contributed by atoms with Crippen LogP contribution in [0, 0.1) is 5.92 Å². The van der Waals surface area contributed by atoms with Gasteiger partial charge in [0.2, 0.25) is 0 Å². The lowest BCUT2D eigenvalue weighted by Crippen LogP contribution is -2.21. The number of nitrogens with one attached hydrogen (secondary N) is 2. The SMILES string of the molecule is CN(C)c1cccc(C(=O)Nc2ccc([C@@H]3C[C@H]3NCC3CC3)cc2)c1.O=C(O)C(F)(F)F.O=C(O)C(F)(F)F. The Morgan fingerprint density at radius 3 is 1.88 bits per heavy atom. The van der Waals surface area contributed by atoms with E-state index in [9.17, 15) is 31.1 Å². The van der Waals surface area contributed by atoms with E-state index in [-0.39, 0.29) is 5.91 Å². The van der Waals surface area contributed by atoms with Gasteiger partial charge in [-0.15, -0.1) is 0 Å². The van der Waals surface area contributed by atoms with Gasteiger partial charge >= 0.3 is 24.3 Å². The lowest BCUT2D eigenvalue weighted by Gasteiger charge is -2.13. The number of alkyl halides is 6. The highest BCUT2D eigenvalue weighted by molar-refractivity contribution is 6.04. The van der Waals surface area contributed by atoms with E-state index in [1.807, 2.05) is 55.4 Å². The van der Waals surface area contributed by atoms with E-state index in [4.69, 9.17) is 19.8 Å². The van der Waals surface area contributed by atoms with Crippen molar-refractivity contribution < 1.29 is 50.9 Å². The molecule has 0 saturated heterocycles. The molecule has 0 aromatic heterocycles. The number of halogens is 6. The molecule has 0 unspecified atom stereocenters. The molecule has 0 radical (unpaired) electrons. The number of carbonyl (C=O) groups excluding carboxylic acids is 1. The summed E-state index contributed by atoms with van der Waals surface area (Å²) >= 11 is 0. The van der Waals surface area contributed by atoms with Crippen molar-refractivity contribution in [3.05, 3.63) is 59.7 Å². The number of hydrogen-bond acceptors (Lipinski definition) is 5. The van der Waals surface area contributed by atoms with E-state index in [1.54, 1.807) is 0 Å². The van der Waals surface area contributed by atoms with Gasteiger partial charge in [-0.3, -0.25) is 4.79 Å². The van der Waals surface area contributed by atoms with Crippen LogP contribution in [0.15, 0.2) is 48.5 Å². The van der Waals surface area contributed by atoms with Crippen molar-refractivity contribution in [2.24, 2.45) is 5.92 Å². The van der Waals surface area contributed by atoms with Crippen LogP contribution in [0.2, 0.25) is 0 Å². The van der Waals surface area contributed by atoms with Crippen molar-refractivity contribution in [2.45, 2.75) is 43.6 Å². The van der Waals surface area contributed by atoms with Gasteiger partial charge in [-0.2, -0.15) is 26.3 Å². The molecule has 2 atom stereocenters. The third-order valence-electron chi connectivity index (χ3n) is 5.86. The number of nitrogens with zero attached hydrogens (tertiary/aromatic N) is 1. The third kappa shape index (κ3) is 11.1. The molecule has 0 aliphatic heterocycles. The Morgan fingerprint density at radius 1 is 0.900 bits per heavy atom. The molecule has 4 rings (SSSR count). The van der Waals surface area contributed by atoms with E-state index >= 15 is 0 Å². The maximum atomic E-state index is 12.5. The molecule has 2 aliphatic carbocycles. The monoisotopic (exact) mass is 577 g/mol. The van der Waals surface area contributed by atoms with Gasteiger partial charge in [-0.25, -0.2) is 9.59 Å². The standard InChI is InChI=1S/C22H27N3O.2C2HF3O2/c1-25(2)19-5-3-4-17(12-19)22(26)24-18-10-8-16(9-11-18)20-13-21(20)23-14-15-6-7-15;2*3-2(4,5)1(6)7/h3-5,8-12,15,20-21,23H,6-7,13-14H2,1-2H3,(H,24,26);2*(H,6,7)/t20-,21+;;/m0../s1. The molecular formula is C26H29F6N3O5. The summed E-state index contributed by atoms with van der Waals surface area (Å²) in [7, 11) is 3.95. The maximum absolute atomic E-state index is 12.5. The van der Waals surface area contributed by atoms with Gasteiger partial charge in [0, 0.05) is 43.0 Å². The molecule has 2 saturated carbocycles. The summed E-state index contributed by atoms with van der Waals surface area (Å²) in [6.45, 7) is 1.18. The summed E-state index contributed by atoms with van der Waals surface area (Å²) in [5.74, 6) is -4.02. The van der Waals surface area contributed by atoms with Gasteiger partial charge in [-0.1, -0.05) is 18.2 Å². The highest BCUT2D eigenvalue weighted by atomic mass is 19.4. The fraction of sp³-hybridized carbons (Fsp3) is 0.423. The zero-order valence-electron chi connectivity index (χ0n) is 21.5. The van der Waals surface area contributed by atoms with Crippen LogP contribution in [0.4, 0.5) is 37.7 Å². The average Bonchev–Trinajstić information content (AvgIpc) is 3.78. The second kappa shape index (κ2) is 13.5. The number of carboxylic acids is 2. The van der Waals surface area contributed by atoms with Crippen molar-refractivity contribution in [3.63, 3.8) is 0 Å². The number of benzene rings is 2. The van der Waals surface area contributed by atoms with Crippen molar-refractivity contribution in [1.82, 2.24) is 5.32 Å². The highest BCUT2D eigenvalue weighted by Crippen LogP contribution is 2.42. The molecule has 8 nitrogen and oxygen atoms in total. The largest absolute Gasteiger partial charge is 0.490 e. The summed E-state index contributed by atoms with van der Waals surface area (Å²) < 4.78 is 63.5. The molecule has 14 heteroatoms. The highest BCUT2D eigenvalue weighted by Gasteiger charge is 2.39. The fourth-order valence-electron chi connectivity index (χ4n) is 3.37. The molecule has 40 heavy (non-hydrogen) atoms. The lowest BCUT2D eigenvalue weighted by molar-refractivity contribution is -0.193. The molecule has 2 fully saturated rings. The summed E-state index contributed by atoms with van der Waals surface area (Å²) in [4.78, 5) is 32.3. The van der Waals surface area contributed by atoms with E-state index < -0.39 is 24.3 Å². The molecule has 0 heterocycles. The minimum Gasteiger partial charge on any atom is -0.475 e. The van der Waals surface area contributed by atoms with Crippen LogP contribution in [-0.2, 0) is 9.59 Å². The molecule has 220 valence electrons. The van der Waals surface area contributed by atoms with Crippen molar-refractivity contribution >= 4 is 29.2 Å². The molecule has 1 amide bonds. The van der Waals surface area contributed by atoms with Crippen LogP contribution < -0.4 is 15.5 Å². The number of hydrogen-bond donors (Lipinski definition) is 4. The van der Waals surface area contributed by atoms with Gasteiger partial charge in [0.05, 0.1) is 0 Å². The predicted molar refractivity (Wildman–Crippen MR) is 134 cm³/mol. The van der Waals surface area contributed by atoms with Gasteiger partial charge in [-0.05, 0) is 67.6 Å². The smallest absolute Gasteiger partial charge is 0.475 e. The minimum absolute atomic E-state index is 0.0724. The minimum atomic E-state index is -5.08. The second-order valence-electron chi connectivity index (χ2n) is 9.43. The first kappa shape index (κ1) is 32.4. The number of amides is 1. The zero-order valence-corrected chi connectivity index (χ0v) is 21.5. The van der Waals surface area contributed by atoms with Gasteiger partial charge in [0.15, 0.2) is 0 Å². The Kier molecular flexibility index (Phi) is 10.9. The van der Waals surface area contributed by atoms with Gasteiger partial charge < -0.3 is 25.7 Å². The summed E-state index contributed by atoms with van der Waals surface area (Å²) in [5, 5.41) is 20.9. The van der Waals surface area contributed by atoms with Crippen molar-refractivity contribution in [1.29, 1.82) is 0 Å². The number of carbonyl (C=O) groups is 3. The van der Waals surface area contributed by atoms with E-state index in [0.717, 1.165) is 17.3 Å². The van der Waals surface area contributed by atoms with Gasteiger partial charge in [0.1, 0.15) is 0 Å². The first-order chi connectivity index (χ1) is 18.5. The Labute approximate surface area is 226 Å². The Balaban J connectivity index is 0.000000333. The Morgan fingerprint density at radius 2 is 1.43 bits per heavy atom. The van der Waals surface area contributed by atoms with Crippen LogP contribution in [0.3, 0.4) is 0 Å². The topological polar surface area (TPSA) is 119 Å². The van der Waals surface area contributed by atoms with Crippen LogP contribution in [0.1, 0.15) is 41.1 Å². The van der Waals surface area contributed by atoms with Crippen LogP contribution >= 0.6 is 0 Å². The molecule has 2 aromatic rings. The summed E-state index contributed by atoms with van der Waals surface area (Å²) in [6, 6.07) is 16.6. The number of rotatable bonds is 7. The Bertz CT molecular complexity index is 1140. The number of aliphatic carboxylic acids is 2. The van der Waals surface area contributed by atoms with E-state index in [1.165, 1.54) is 31.4 Å². The van der Waals surface area contributed by atoms with E-state index in [0.29, 0.717) is 17.5 Å². The van der Waals surface area contributed by atoms with Crippen LogP contribution in [0.25, 0.3) is 0 Å². The number of carboxylic acid groups (broad SMARTS) is 2. The fourth-order valence-corrected chi connectivity index (χ4v) is 3.37. The molecule has 2 aromatic carbocycles. The van der Waals surface area contributed by atoms with E-state index in [2.05, 4.69) is 22.8 Å². The average molecular weight is 578 g/mol. The molecule has 2 aliphatic rings. The summed E-state index contributed by atoms with van der Waals surface area (Å²) in [5.41, 5.74) is 3.90. The molecule has 0 spiro atoms. The normalized spacial score (nSPS) is 17.8. The van der Waals surface area contributed by atoms with Crippen LogP contribution in [0.5, 0.6) is 0 Å². The molecule has 4 N–H and O–H groups in total. The summed E-state index contributed by atoms with van der Waals surface area (Å²) in [6.07, 6.45) is -6.14. The van der Waals surface area contributed by atoms with Crippen molar-refractivity contribution in [2.75, 3.05) is 30.9 Å². The molecular weight excluding hydrogens is 548 g/mol. The number of anilines is 2. The Hall–Kier alpha value is -3.81. The quantitative estimate of drug-likeness (QED) is 0.337. The second-order valence-corrected chi connectivity index (χ2v) is 9.43. The first-order valence-corrected chi connectivity index (χ1v) is 12.0. The molecule has 0 bridgehead atoms. The van der Waals surface area contributed by atoms with Crippen molar-refractivity contribution in [3.8, 4) is 0 Å². The lowest BCUT2D eigenvalue weighted by atomic mass is 10.1. The third-order valence-corrected chi connectivity index (χ3v) is 5.86. The van der Waals surface area contributed by atoms with Crippen LogP contribution in [-0.4, -0.2) is 67.1 Å². The maximum Gasteiger partial charge on any atom is 0.490 e. The first-order valence-electron chi connectivity index (χ1n) is 12.0. The predicted octanol–water partition coefficient (Wildman–Crippen LogP) is 5.13. The van der Waals surface area contributed by atoms with Gasteiger partial charge in [0.25, 0.3) is 5.91 Å².